The Bertz CT molecular complexity index is 1030. The van der Waals surface area contributed by atoms with Crippen LogP contribution in [-0.4, -0.2) is 16.4 Å². The molecule has 1 aliphatic rings. The smallest absolute Gasteiger partial charge is 0.188 e. The fraction of sp³-hybridized carbons (Fsp3) is 0.105. The summed E-state index contributed by atoms with van der Waals surface area (Å²) < 4.78 is 0. The molecule has 0 aliphatic carbocycles. The van der Waals surface area contributed by atoms with Crippen LogP contribution in [0, 0.1) is 13.8 Å². The molecule has 0 spiro atoms. The predicted octanol–water partition coefficient (Wildman–Crippen LogP) is 5.22. The lowest BCUT2D eigenvalue weighted by Gasteiger charge is -2.08. The molecule has 3 aromatic rings. The van der Waals surface area contributed by atoms with E-state index >= 15 is 0 Å². The Kier molecular flexibility index (Phi) is 4.19. The summed E-state index contributed by atoms with van der Waals surface area (Å²) in [6, 6.07) is 14.0. The van der Waals surface area contributed by atoms with Gasteiger partial charge in [0, 0.05) is 16.0 Å². The maximum atomic E-state index is 6.24. The monoisotopic (exact) mass is 366 g/mol. The van der Waals surface area contributed by atoms with E-state index in [0.29, 0.717) is 5.17 Å². The first kappa shape index (κ1) is 16.1. The molecule has 4 rings (SSSR count). The van der Waals surface area contributed by atoms with Crippen LogP contribution in [0.2, 0.25) is 5.02 Å². The van der Waals surface area contributed by atoms with Crippen molar-refractivity contribution in [2.75, 3.05) is 0 Å². The summed E-state index contributed by atoms with van der Waals surface area (Å²) >= 11 is 7.71. The molecule has 0 radical (unpaired) electrons. The molecule has 0 unspecified atom stereocenters. The highest BCUT2D eigenvalue weighted by Crippen LogP contribution is 2.30. The zero-order valence-electron chi connectivity index (χ0n) is 13.7. The highest BCUT2D eigenvalue weighted by atomic mass is 35.5. The highest BCUT2D eigenvalue weighted by molar-refractivity contribution is 8.13. The minimum atomic E-state index is 0.686. The number of nitrogens with one attached hydrogen (secondary N) is 1. The van der Waals surface area contributed by atoms with Crippen molar-refractivity contribution in [1.82, 2.24) is 10.4 Å². The minimum Gasteiger partial charge on any atom is -0.255 e. The van der Waals surface area contributed by atoms with Gasteiger partial charge in [0.25, 0.3) is 0 Å². The fourth-order valence-corrected chi connectivity index (χ4v) is 3.54. The molecule has 1 aromatic heterocycles. The van der Waals surface area contributed by atoms with E-state index in [4.69, 9.17) is 16.6 Å². The average molecular weight is 367 g/mol. The van der Waals surface area contributed by atoms with Gasteiger partial charge in [0.05, 0.1) is 17.4 Å². The van der Waals surface area contributed by atoms with Crippen LogP contribution in [-0.2, 0) is 0 Å². The number of hydrazone groups is 1. The maximum absolute atomic E-state index is 6.24. The van der Waals surface area contributed by atoms with Gasteiger partial charge < -0.3 is 0 Å². The molecule has 0 amide bonds. The molecular formula is C19H15ClN4S. The minimum absolute atomic E-state index is 0.686. The molecule has 4 nitrogen and oxygen atoms in total. The lowest BCUT2D eigenvalue weighted by molar-refractivity contribution is 1.05. The zero-order valence-corrected chi connectivity index (χ0v) is 15.3. The lowest BCUT2D eigenvalue weighted by Crippen LogP contribution is -2.11. The standard InChI is InChI=1S/C19H15ClN4S/c1-11-3-6-15(7-4-11)22-19-24-21-10-14-9-13-5-8-16(20)12(2)17(13)23-18(14)25-19/h3-10H,1-2H3,(H,22,24). The predicted molar refractivity (Wildman–Crippen MR) is 106 cm³/mol. The Labute approximate surface area is 155 Å². The lowest BCUT2D eigenvalue weighted by atomic mass is 10.1. The van der Waals surface area contributed by atoms with Crippen LogP contribution >= 0.6 is 23.4 Å². The van der Waals surface area contributed by atoms with E-state index in [-0.39, 0.29) is 0 Å². The van der Waals surface area contributed by atoms with Crippen molar-refractivity contribution >= 4 is 51.3 Å². The van der Waals surface area contributed by atoms with Gasteiger partial charge in [-0.15, -0.1) is 0 Å². The number of aliphatic imine (C=N–C) groups is 1. The van der Waals surface area contributed by atoms with Crippen molar-refractivity contribution in [2.45, 2.75) is 18.9 Å². The van der Waals surface area contributed by atoms with E-state index < -0.39 is 0 Å². The number of aryl methyl sites for hydroxylation is 2. The summed E-state index contributed by atoms with van der Waals surface area (Å²) in [4.78, 5) is 9.44. The third-order valence-corrected chi connectivity index (χ3v) is 5.29. The van der Waals surface area contributed by atoms with Gasteiger partial charge in [-0.2, -0.15) is 5.10 Å². The quantitative estimate of drug-likeness (QED) is 0.642. The third-order valence-electron chi connectivity index (χ3n) is 3.99. The number of pyridine rings is 1. The highest BCUT2D eigenvalue weighted by Gasteiger charge is 2.15. The van der Waals surface area contributed by atoms with Gasteiger partial charge in [0.2, 0.25) is 0 Å². The average Bonchev–Trinajstić information content (AvgIpc) is 2.80. The van der Waals surface area contributed by atoms with Crippen molar-refractivity contribution in [2.24, 2.45) is 10.1 Å². The molecule has 0 saturated carbocycles. The van der Waals surface area contributed by atoms with Crippen LogP contribution < -0.4 is 5.43 Å². The largest absolute Gasteiger partial charge is 0.255 e. The van der Waals surface area contributed by atoms with E-state index in [9.17, 15) is 0 Å². The van der Waals surface area contributed by atoms with Crippen LogP contribution in [0.3, 0.4) is 0 Å². The Morgan fingerprint density at radius 1 is 1.08 bits per heavy atom. The molecule has 1 N–H and O–H groups in total. The number of fused-ring (bicyclic) bond motifs is 2. The second-order valence-electron chi connectivity index (χ2n) is 5.85. The SMILES string of the molecule is Cc1ccc(N=C2NN=Cc3cc4ccc(Cl)c(C)c4nc3S2)cc1. The van der Waals surface area contributed by atoms with Gasteiger partial charge in [-0.25, -0.2) is 9.98 Å². The number of amidine groups is 1. The van der Waals surface area contributed by atoms with Crippen molar-refractivity contribution in [3.8, 4) is 0 Å². The second-order valence-corrected chi connectivity index (χ2v) is 7.24. The van der Waals surface area contributed by atoms with Crippen molar-refractivity contribution in [1.29, 1.82) is 0 Å². The van der Waals surface area contributed by atoms with Gasteiger partial charge >= 0.3 is 0 Å². The number of halogens is 1. The molecule has 6 heteroatoms. The molecule has 0 bridgehead atoms. The fourth-order valence-electron chi connectivity index (χ4n) is 2.59. The number of benzene rings is 2. The summed E-state index contributed by atoms with van der Waals surface area (Å²) in [6.45, 7) is 4.04. The van der Waals surface area contributed by atoms with Crippen LogP contribution in [0.25, 0.3) is 10.9 Å². The Balaban J connectivity index is 1.77. The topological polar surface area (TPSA) is 49.6 Å². The van der Waals surface area contributed by atoms with E-state index in [1.165, 1.54) is 17.3 Å². The van der Waals surface area contributed by atoms with Crippen molar-refractivity contribution in [3.05, 3.63) is 64.2 Å². The molecule has 0 atom stereocenters. The van der Waals surface area contributed by atoms with Gasteiger partial charge in [-0.05, 0) is 55.4 Å². The van der Waals surface area contributed by atoms with Crippen LogP contribution in [0.5, 0.6) is 0 Å². The Morgan fingerprint density at radius 3 is 2.68 bits per heavy atom. The van der Waals surface area contributed by atoms with Gasteiger partial charge in [0.1, 0.15) is 5.03 Å². The van der Waals surface area contributed by atoms with Crippen LogP contribution in [0.15, 0.2) is 57.6 Å². The van der Waals surface area contributed by atoms with Gasteiger partial charge in [0.15, 0.2) is 5.17 Å². The summed E-state index contributed by atoms with van der Waals surface area (Å²) in [7, 11) is 0. The third kappa shape index (κ3) is 3.25. The Hall–Kier alpha value is -2.37. The van der Waals surface area contributed by atoms with Gasteiger partial charge in [-0.1, -0.05) is 35.4 Å². The first-order valence-electron chi connectivity index (χ1n) is 7.82. The number of thioether (sulfide) groups is 1. The molecule has 1 aliphatic heterocycles. The van der Waals surface area contributed by atoms with Crippen LogP contribution in [0.1, 0.15) is 16.7 Å². The molecular weight excluding hydrogens is 352 g/mol. The Morgan fingerprint density at radius 2 is 1.88 bits per heavy atom. The van der Waals surface area contributed by atoms with Crippen molar-refractivity contribution in [3.63, 3.8) is 0 Å². The van der Waals surface area contributed by atoms with E-state index in [2.05, 4.69) is 28.5 Å². The normalized spacial score (nSPS) is 15.1. The summed E-state index contributed by atoms with van der Waals surface area (Å²) in [6.07, 6.45) is 1.77. The van der Waals surface area contributed by atoms with Crippen molar-refractivity contribution < 1.29 is 0 Å². The molecule has 124 valence electrons. The zero-order chi connectivity index (χ0) is 17.4. The number of nitrogens with zero attached hydrogens (tertiary/aromatic N) is 3. The molecule has 2 heterocycles. The maximum Gasteiger partial charge on any atom is 0.188 e. The summed E-state index contributed by atoms with van der Waals surface area (Å²) in [5.74, 6) is 0. The number of rotatable bonds is 1. The van der Waals surface area contributed by atoms with E-state index in [1.807, 2.05) is 43.3 Å². The molecule has 2 aromatic carbocycles. The molecule has 0 fully saturated rings. The van der Waals surface area contributed by atoms with Gasteiger partial charge in [-0.3, -0.25) is 5.43 Å². The summed E-state index contributed by atoms with van der Waals surface area (Å²) in [5, 5.41) is 7.57. The molecule has 0 saturated heterocycles. The van der Waals surface area contributed by atoms with E-state index in [0.717, 1.165) is 37.8 Å². The second kappa shape index (κ2) is 6.50. The number of hydrogen-bond acceptors (Lipinski definition) is 4. The number of hydrogen-bond donors (Lipinski definition) is 1. The first-order valence-corrected chi connectivity index (χ1v) is 9.02. The number of aromatic nitrogens is 1. The van der Waals surface area contributed by atoms with Crippen LogP contribution in [0.4, 0.5) is 5.69 Å². The van der Waals surface area contributed by atoms with E-state index in [1.54, 1.807) is 6.21 Å². The summed E-state index contributed by atoms with van der Waals surface area (Å²) in [5.41, 5.74) is 7.91. The first-order chi connectivity index (χ1) is 12.1. The molecule has 25 heavy (non-hydrogen) atoms.